The average Bonchev–Trinajstić information content (AvgIpc) is 3.33. The topological polar surface area (TPSA) is 74.7 Å². The third kappa shape index (κ3) is 5.41. The summed E-state index contributed by atoms with van der Waals surface area (Å²) in [6.07, 6.45) is 5.45. The number of aromatic nitrogens is 1. The van der Waals surface area contributed by atoms with Crippen molar-refractivity contribution in [1.82, 2.24) is 15.2 Å². The molecule has 0 aromatic carbocycles. The van der Waals surface area contributed by atoms with Crippen LogP contribution in [0.5, 0.6) is 5.88 Å². The zero-order valence-corrected chi connectivity index (χ0v) is 15.1. The minimum absolute atomic E-state index is 0.178. The van der Waals surface area contributed by atoms with Gasteiger partial charge in [0.2, 0.25) is 5.88 Å². The van der Waals surface area contributed by atoms with E-state index in [9.17, 15) is 4.79 Å². The SMILES string of the molecule is COc1cccc(CC(C)NC2CC(N(CC(=O)O)CC3CC3)C2)n1. The fraction of sp³-hybridized carbons (Fsp3) is 0.684. The Labute approximate surface area is 149 Å². The van der Waals surface area contributed by atoms with Gasteiger partial charge in [-0.1, -0.05) is 6.07 Å². The van der Waals surface area contributed by atoms with Crippen LogP contribution in [0.1, 0.15) is 38.3 Å². The monoisotopic (exact) mass is 347 g/mol. The number of hydrogen-bond acceptors (Lipinski definition) is 5. The van der Waals surface area contributed by atoms with Gasteiger partial charge in [-0.2, -0.15) is 0 Å². The van der Waals surface area contributed by atoms with Crippen molar-refractivity contribution in [3.05, 3.63) is 23.9 Å². The largest absolute Gasteiger partial charge is 0.481 e. The van der Waals surface area contributed by atoms with Gasteiger partial charge in [0, 0.05) is 42.9 Å². The number of nitrogens with one attached hydrogen (secondary N) is 1. The molecule has 1 aromatic heterocycles. The van der Waals surface area contributed by atoms with Crippen molar-refractivity contribution in [2.45, 2.75) is 57.2 Å². The first-order valence-corrected chi connectivity index (χ1v) is 9.25. The van der Waals surface area contributed by atoms with Crippen LogP contribution in [0.15, 0.2) is 18.2 Å². The summed E-state index contributed by atoms with van der Waals surface area (Å²) in [6.45, 7) is 3.30. The van der Waals surface area contributed by atoms with Crippen LogP contribution >= 0.6 is 0 Å². The van der Waals surface area contributed by atoms with E-state index in [-0.39, 0.29) is 6.54 Å². The zero-order valence-electron chi connectivity index (χ0n) is 15.1. The standard InChI is InChI=1S/C19H29N3O3/c1-13(8-15-4-3-5-18(21-15)25-2)20-16-9-17(10-16)22(12-19(23)24)11-14-6-7-14/h3-5,13-14,16-17,20H,6-12H2,1-2H3,(H,23,24). The summed E-state index contributed by atoms with van der Waals surface area (Å²) in [5.74, 6) is 0.664. The second kappa shape index (κ2) is 8.15. The van der Waals surface area contributed by atoms with Crippen molar-refractivity contribution in [2.75, 3.05) is 20.2 Å². The molecule has 138 valence electrons. The summed E-state index contributed by atoms with van der Waals surface area (Å²) in [4.78, 5) is 17.7. The molecule has 0 aliphatic heterocycles. The minimum atomic E-state index is -0.713. The molecule has 3 rings (SSSR count). The molecule has 0 saturated heterocycles. The van der Waals surface area contributed by atoms with Crippen LogP contribution in [0, 0.1) is 5.92 Å². The molecule has 1 heterocycles. The van der Waals surface area contributed by atoms with Crippen LogP contribution in [-0.4, -0.2) is 59.3 Å². The second-order valence-electron chi connectivity index (χ2n) is 7.53. The van der Waals surface area contributed by atoms with Crippen molar-refractivity contribution < 1.29 is 14.6 Å². The average molecular weight is 347 g/mol. The molecule has 2 aliphatic carbocycles. The number of carboxylic acids is 1. The van der Waals surface area contributed by atoms with Crippen LogP contribution in [0.4, 0.5) is 0 Å². The summed E-state index contributed by atoms with van der Waals surface area (Å²) < 4.78 is 5.17. The molecule has 25 heavy (non-hydrogen) atoms. The normalized spacial score (nSPS) is 24.0. The highest BCUT2D eigenvalue weighted by Crippen LogP contribution is 2.33. The molecule has 2 aliphatic rings. The van der Waals surface area contributed by atoms with Gasteiger partial charge in [0.05, 0.1) is 13.7 Å². The third-order valence-corrected chi connectivity index (χ3v) is 5.18. The highest BCUT2D eigenvalue weighted by molar-refractivity contribution is 5.69. The van der Waals surface area contributed by atoms with E-state index >= 15 is 0 Å². The van der Waals surface area contributed by atoms with E-state index in [0.29, 0.717) is 24.0 Å². The van der Waals surface area contributed by atoms with Crippen molar-refractivity contribution in [1.29, 1.82) is 0 Å². The van der Waals surface area contributed by atoms with Gasteiger partial charge >= 0.3 is 5.97 Å². The van der Waals surface area contributed by atoms with Gasteiger partial charge < -0.3 is 15.2 Å². The quantitative estimate of drug-likeness (QED) is 0.674. The smallest absolute Gasteiger partial charge is 0.317 e. The van der Waals surface area contributed by atoms with Crippen LogP contribution in [-0.2, 0) is 11.2 Å². The molecule has 0 spiro atoms. The fourth-order valence-electron chi connectivity index (χ4n) is 3.63. The van der Waals surface area contributed by atoms with Crippen LogP contribution in [0.3, 0.4) is 0 Å². The molecule has 1 atom stereocenters. The number of methoxy groups -OCH3 is 1. The molecule has 0 amide bonds. The van der Waals surface area contributed by atoms with Gasteiger partial charge in [-0.05, 0) is 44.6 Å². The Kier molecular flexibility index (Phi) is 5.91. The number of pyridine rings is 1. The third-order valence-electron chi connectivity index (χ3n) is 5.18. The Morgan fingerprint density at radius 3 is 2.84 bits per heavy atom. The molecule has 0 radical (unpaired) electrons. The number of aliphatic carboxylic acids is 1. The van der Waals surface area contributed by atoms with E-state index in [1.165, 1.54) is 12.8 Å². The molecular formula is C19H29N3O3. The van der Waals surface area contributed by atoms with E-state index in [0.717, 1.165) is 37.4 Å². The Hall–Kier alpha value is -1.66. The van der Waals surface area contributed by atoms with Crippen molar-refractivity contribution >= 4 is 5.97 Å². The Bertz CT molecular complexity index is 585. The highest BCUT2D eigenvalue weighted by atomic mass is 16.5. The lowest BCUT2D eigenvalue weighted by Gasteiger charge is -2.44. The lowest BCUT2D eigenvalue weighted by atomic mass is 9.84. The van der Waals surface area contributed by atoms with E-state index in [1.54, 1.807) is 7.11 Å². The molecule has 6 nitrogen and oxygen atoms in total. The first kappa shape index (κ1) is 18.1. The van der Waals surface area contributed by atoms with Gasteiger partial charge in [-0.3, -0.25) is 9.69 Å². The van der Waals surface area contributed by atoms with Gasteiger partial charge in [-0.25, -0.2) is 4.98 Å². The maximum absolute atomic E-state index is 11.1. The number of carboxylic acid groups (broad SMARTS) is 1. The van der Waals surface area contributed by atoms with Crippen molar-refractivity contribution in [2.24, 2.45) is 5.92 Å². The summed E-state index contributed by atoms with van der Waals surface area (Å²) in [7, 11) is 1.63. The van der Waals surface area contributed by atoms with Crippen molar-refractivity contribution in [3.63, 3.8) is 0 Å². The highest BCUT2D eigenvalue weighted by Gasteiger charge is 2.37. The lowest BCUT2D eigenvalue weighted by molar-refractivity contribution is -0.139. The van der Waals surface area contributed by atoms with E-state index in [2.05, 4.69) is 22.1 Å². The Balaban J connectivity index is 1.42. The van der Waals surface area contributed by atoms with Gasteiger partial charge in [-0.15, -0.1) is 0 Å². The molecule has 6 heteroatoms. The predicted molar refractivity (Wildman–Crippen MR) is 95.8 cm³/mol. The molecule has 2 fully saturated rings. The van der Waals surface area contributed by atoms with Crippen LogP contribution < -0.4 is 10.1 Å². The van der Waals surface area contributed by atoms with Crippen LogP contribution in [0.25, 0.3) is 0 Å². The maximum Gasteiger partial charge on any atom is 0.317 e. The van der Waals surface area contributed by atoms with Gasteiger partial charge in [0.1, 0.15) is 0 Å². The Morgan fingerprint density at radius 2 is 2.20 bits per heavy atom. The summed E-state index contributed by atoms with van der Waals surface area (Å²) in [6, 6.07) is 7.07. The van der Waals surface area contributed by atoms with E-state index in [1.807, 2.05) is 18.2 Å². The van der Waals surface area contributed by atoms with E-state index < -0.39 is 5.97 Å². The minimum Gasteiger partial charge on any atom is -0.481 e. The molecule has 0 bridgehead atoms. The number of carbonyl (C=O) groups is 1. The fourth-order valence-corrected chi connectivity index (χ4v) is 3.63. The number of hydrogen-bond donors (Lipinski definition) is 2. The van der Waals surface area contributed by atoms with E-state index in [4.69, 9.17) is 9.84 Å². The zero-order chi connectivity index (χ0) is 17.8. The number of rotatable bonds is 10. The molecular weight excluding hydrogens is 318 g/mol. The lowest BCUT2D eigenvalue weighted by Crippen LogP contribution is -2.56. The van der Waals surface area contributed by atoms with Gasteiger partial charge in [0.25, 0.3) is 0 Å². The predicted octanol–water partition coefficient (Wildman–Crippen LogP) is 1.94. The molecule has 2 N–H and O–H groups in total. The maximum atomic E-state index is 11.1. The number of nitrogens with zero attached hydrogens (tertiary/aromatic N) is 2. The first-order chi connectivity index (χ1) is 12.0. The molecule has 2 saturated carbocycles. The molecule has 1 aromatic rings. The Morgan fingerprint density at radius 1 is 1.44 bits per heavy atom. The molecule has 1 unspecified atom stereocenters. The summed E-state index contributed by atoms with van der Waals surface area (Å²) in [5, 5.41) is 12.8. The number of ether oxygens (including phenoxy) is 1. The second-order valence-corrected chi connectivity index (χ2v) is 7.53. The summed E-state index contributed by atoms with van der Waals surface area (Å²) >= 11 is 0. The van der Waals surface area contributed by atoms with Crippen LogP contribution in [0.2, 0.25) is 0 Å². The van der Waals surface area contributed by atoms with Crippen molar-refractivity contribution in [3.8, 4) is 5.88 Å². The first-order valence-electron chi connectivity index (χ1n) is 9.25. The summed E-state index contributed by atoms with van der Waals surface area (Å²) in [5.41, 5.74) is 1.02. The van der Waals surface area contributed by atoms with Gasteiger partial charge in [0.15, 0.2) is 0 Å².